The van der Waals surface area contributed by atoms with E-state index in [9.17, 15) is 4.79 Å². The molecule has 0 N–H and O–H groups in total. The maximum absolute atomic E-state index is 13.3. The second kappa shape index (κ2) is 8.99. The van der Waals surface area contributed by atoms with Crippen LogP contribution in [0.1, 0.15) is 5.56 Å². The number of piperazine rings is 1. The minimum Gasteiger partial charge on any atom is -0.492 e. The van der Waals surface area contributed by atoms with E-state index in [0.29, 0.717) is 24.7 Å². The summed E-state index contributed by atoms with van der Waals surface area (Å²) >= 11 is 6.22. The lowest BCUT2D eigenvalue weighted by Gasteiger charge is -2.32. The van der Waals surface area contributed by atoms with Crippen LogP contribution >= 0.6 is 11.6 Å². The van der Waals surface area contributed by atoms with Crippen molar-refractivity contribution in [2.24, 2.45) is 0 Å². The Labute approximate surface area is 176 Å². The van der Waals surface area contributed by atoms with Crippen molar-refractivity contribution in [1.29, 1.82) is 0 Å². The number of benzene rings is 2. The molecular formula is C23H26ClN3O2. The first-order chi connectivity index (χ1) is 14.1. The molecule has 1 aliphatic rings. The fraction of sp³-hybridized carbons (Fsp3) is 0.348. The van der Waals surface area contributed by atoms with E-state index in [4.69, 9.17) is 16.3 Å². The molecule has 0 radical (unpaired) electrons. The predicted octanol–water partition coefficient (Wildman–Crippen LogP) is 3.48. The zero-order chi connectivity index (χ0) is 20.2. The average molecular weight is 412 g/mol. The van der Waals surface area contributed by atoms with Gasteiger partial charge in [-0.15, -0.1) is 0 Å². The molecule has 0 unspecified atom stereocenters. The van der Waals surface area contributed by atoms with Crippen LogP contribution in [0.4, 0.5) is 0 Å². The van der Waals surface area contributed by atoms with E-state index in [0.717, 1.165) is 48.4 Å². The smallest absolute Gasteiger partial charge is 0.255 e. The van der Waals surface area contributed by atoms with Gasteiger partial charge in [-0.05, 0) is 42.8 Å². The maximum atomic E-state index is 13.3. The number of pyridine rings is 1. The largest absolute Gasteiger partial charge is 0.492 e. The molecule has 1 saturated heterocycles. The Kier molecular flexibility index (Phi) is 6.19. The van der Waals surface area contributed by atoms with Gasteiger partial charge in [0.25, 0.3) is 5.56 Å². The van der Waals surface area contributed by atoms with Crippen molar-refractivity contribution in [3.8, 4) is 5.75 Å². The highest BCUT2D eigenvalue weighted by molar-refractivity contribution is 6.31. The highest BCUT2D eigenvalue weighted by Crippen LogP contribution is 2.20. The lowest BCUT2D eigenvalue weighted by molar-refractivity contribution is 0.147. The average Bonchev–Trinajstić information content (AvgIpc) is 2.73. The quantitative estimate of drug-likeness (QED) is 0.622. The summed E-state index contributed by atoms with van der Waals surface area (Å²) in [5.41, 5.74) is 1.71. The summed E-state index contributed by atoms with van der Waals surface area (Å²) in [6.07, 6.45) is 0. The minimum absolute atomic E-state index is 0.0374. The lowest BCUT2D eigenvalue weighted by Crippen LogP contribution is -2.44. The predicted molar refractivity (Wildman–Crippen MR) is 118 cm³/mol. The molecule has 6 heteroatoms. The van der Waals surface area contributed by atoms with E-state index >= 15 is 0 Å². The standard InChI is InChI=1S/C23H26ClN3O2/c1-25-9-11-26(12-10-25)17-19-15-18-7-8-20(24)16-22(18)27(23(19)28)13-14-29-21-5-3-2-4-6-21/h2-8,15-16H,9-14,17H2,1H3. The van der Waals surface area contributed by atoms with Gasteiger partial charge in [0, 0.05) is 43.3 Å². The molecule has 29 heavy (non-hydrogen) atoms. The van der Waals surface area contributed by atoms with Gasteiger partial charge in [-0.1, -0.05) is 35.9 Å². The summed E-state index contributed by atoms with van der Waals surface area (Å²) in [6, 6.07) is 17.4. The summed E-state index contributed by atoms with van der Waals surface area (Å²) in [6.45, 7) is 5.58. The maximum Gasteiger partial charge on any atom is 0.255 e. The highest BCUT2D eigenvalue weighted by Gasteiger charge is 2.17. The van der Waals surface area contributed by atoms with E-state index in [2.05, 4.69) is 16.8 Å². The van der Waals surface area contributed by atoms with Crippen molar-refractivity contribution in [1.82, 2.24) is 14.4 Å². The first-order valence-corrected chi connectivity index (χ1v) is 10.4. The molecule has 5 nitrogen and oxygen atoms in total. The minimum atomic E-state index is 0.0374. The highest BCUT2D eigenvalue weighted by atomic mass is 35.5. The molecule has 2 aromatic carbocycles. The number of aromatic nitrogens is 1. The third-order valence-electron chi connectivity index (χ3n) is 5.45. The van der Waals surface area contributed by atoms with Crippen molar-refractivity contribution in [2.75, 3.05) is 39.8 Å². The van der Waals surface area contributed by atoms with Crippen molar-refractivity contribution < 1.29 is 4.74 Å². The molecule has 3 aromatic rings. The number of halogens is 1. The monoisotopic (exact) mass is 411 g/mol. The molecule has 1 aromatic heterocycles. The Morgan fingerprint density at radius 3 is 2.52 bits per heavy atom. The van der Waals surface area contributed by atoms with Gasteiger partial charge in [0.05, 0.1) is 12.1 Å². The number of rotatable bonds is 6. The van der Waals surface area contributed by atoms with Crippen molar-refractivity contribution in [2.45, 2.75) is 13.1 Å². The Hall–Kier alpha value is -2.34. The summed E-state index contributed by atoms with van der Waals surface area (Å²) in [5.74, 6) is 0.802. The number of likely N-dealkylation sites (N-methyl/N-ethyl adjacent to an activating group) is 1. The Morgan fingerprint density at radius 1 is 1.00 bits per heavy atom. The SMILES string of the molecule is CN1CCN(Cc2cc3ccc(Cl)cc3n(CCOc3ccccc3)c2=O)CC1. The van der Waals surface area contributed by atoms with E-state index < -0.39 is 0 Å². The Morgan fingerprint density at radius 2 is 1.76 bits per heavy atom. The van der Waals surface area contributed by atoms with Gasteiger partial charge >= 0.3 is 0 Å². The third kappa shape index (κ3) is 4.81. The second-order valence-electron chi connectivity index (χ2n) is 7.57. The van der Waals surface area contributed by atoms with Crippen LogP contribution in [-0.4, -0.2) is 54.2 Å². The first kappa shape index (κ1) is 20.0. The van der Waals surface area contributed by atoms with Crippen LogP contribution in [0.15, 0.2) is 59.4 Å². The van der Waals surface area contributed by atoms with E-state index in [1.165, 1.54) is 0 Å². The third-order valence-corrected chi connectivity index (χ3v) is 5.68. The Balaban J connectivity index is 1.60. The second-order valence-corrected chi connectivity index (χ2v) is 8.01. The normalized spacial score (nSPS) is 15.7. The van der Waals surface area contributed by atoms with Gasteiger partial charge < -0.3 is 14.2 Å². The van der Waals surface area contributed by atoms with E-state index in [-0.39, 0.29) is 5.56 Å². The molecule has 1 fully saturated rings. The van der Waals surface area contributed by atoms with Gasteiger partial charge in [-0.25, -0.2) is 0 Å². The van der Waals surface area contributed by atoms with Crippen LogP contribution in [0.2, 0.25) is 5.02 Å². The van der Waals surface area contributed by atoms with E-state index in [1.54, 1.807) is 4.57 Å². The molecule has 0 aliphatic carbocycles. The van der Waals surface area contributed by atoms with E-state index in [1.807, 2.05) is 54.6 Å². The summed E-state index contributed by atoms with van der Waals surface area (Å²) in [7, 11) is 2.14. The van der Waals surface area contributed by atoms with Crippen molar-refractivity contribution in [3.05, 3.63) is 75.5 Å². The van der Waals surface area contributed by atoms with Gasteiger partial charge in [-0.2, -0.15) is 0 Å². The zero-order valence-corrected chi connectivity index (χ0v) is 17.4. The number of hydrogen-bond donors (Lipinski definition) is 0. The molecular weight excluding hydrogens is 386 g/mol. The summed E-state index contributed by atoms with van der Waals surface area (Å²) in [4.78, 5) is 18.0. The lowest BCUT2D eigenvalue weighted by atomic mass is 10.1. The zero-order valence-electron chi connectivity index (χ0n) is 16.7. The van der Waals surface area contributed by atoms with Gasteiger partial charge in [0.2, 0.25) is 0 Å². The molecule has 0 atom stereocenters. The van der Waals surface area contributed by atoms with Crippen LogP contribution < -0.4 is 10.3 Å². The first-order valence-electron chi connectivity index (χ1n) is 10.0. The van der Waals surface area contributed by atoms with Crippen LogP contribution in [0.3, 0.4) is 0 Å². The molecule has 0 bridgehead atoms. The molecule has 1 aliphatic heterocycles. The molecule has 0 spiro atoms. The molecule has 2 heterocycles. The molecule has 152 valence electrons. The van der Waals surface area contributed by atoms with Gasteiger partial charge in [0.1, 0.15) is 12.4 Å². The summed E-state index contributed by atoms with van der Waals surface area (Å²) < 4.78 is 7.64. The number of fused-ring (bicyclic) bond motifs is 1. The number of ether oxygens (including phenoxy) is 1. The van der Waals surface area contributed by atoms with Crippen molar-refractivity contribution >= 4 is 22.5 Å². The van der Waals surface area contributed by atoms with Crippen LogP contribution in [0.25, 0.3) is 10.9 Å². The number of hydrogen-bond acceptors (Lipinski definition) is 4. The summed E-state index contributed by atoms with van der Waals surface area (Å²) in [5, 5.41) is 1.65. The topological polar surface area (TPSA) is 37.7 Å². The number of nitrogens with zero attached hydrogens (tertiary/aromatic N) is 3. The van der Waals surface area contributed by atoms with Crippen LogP contribution in [0.5, 0.6) is 5.75 Å². The Bertz CT molecular complexity index is 1030. The van der Waals surface area contributed by atoms with Crippen LogP contribution in [-0.2, 0) is 13.1 Å². The molecule has 4 rings (SSSR count). The van der Waals surface area contributed by atoms with Gasteiger partial charge in [-0.3, -0.25) is 9.69 Å². The fourth-order valence-corrected chi connectivity index (χ4v) is 3.92. The molecule has 0 saturated carbocycles. The van der Waals surface area contributed by atoms with Crippen molar-refractivity contribution in [3.63, 3.8) is 0 Å². The van der Waals surface area contributed by atoms with Gasteiger partial charge in [0.15, 0.2) is 0 Å². The fourth-order valence-electron chi connectivity index (χ4n) is 3.76. The molecule has 0 amide bonds. The van der Waals surface area contributed by atoms with Crippen LogP contribution in [0, 0.1) is 0 Å². The number of para-hydroxylation sites is 1.